The van der Waals surface area contributed by atoms with Gasteiger partial charge in [-0.15, -0.1) is 0 Å². The molecule has 1 aliphatic heterocycles. The zero-order valence-corrected chi connectivity index (χ0v) is 16.4. The first-order valence-corrected chi connectivity index (χ1v) is 10.1. The van der Waals surface area contributed by atoms with E-state index in [2.05, 4.69) is 15.0 Å². The molecule has 1 aromatic heterocycles. The van der Waals surface area contributed by atoms with E-state index in [0.29, 0.717) is 35.9 Å². The number of hydrogen-bond acceptors (Lipinski definition) is 3. The number of aromatic nitrogens is 1. The molecule has 4 rings (SSSR count). The topological polar surface area (TPSA) is 67.6 Å². The van der Waals surface area contributed by atoms with E-state index in [1.165, 1.54) is 6.42 Å². The molecule has 150 valence electrons. The summed E-state index contributed by atoms with van der Waals surface area (Å²) in [5, 5.41) is 3.99. The van der Waals surface area contributed by atoms with E-state index < -0.39 is 0 Å². The summed E-state index contributed by atoms with van der Waals surface area (Å²) in [4.78, 5) is 6.45. The fourth-order valence-electron chi connectivity index (χ4n) is 3.62. The number of aliphatic imine (C=N–C) groups is 1. The summed E-state index contributed by atoms with van der Waals surface area (Å²) in [6, 6.07) is 16.7. The number of likely N-dealkylation sites (tertiary alicyclic amines) is 1. The van der Waals surface area contributed by atoms with Crippen molar-refractivity contribution in [1.29, 1.82) is 0 Å². The van der Waals surface area contributed by atoms with Crippen molar-refractivity contribution in [3.63, 3.8) is 0 Å². The van der Waals surface area contributed by atoms with Crippen molar-refractivity contribution in [2.75, 3.05) is 13.1 Å². The largest absolute Gasteiger partial charge is 0.369 e. The molecule has 2 aromatic carbocycles. The van der Waals surface area contributed by atoms with Gasteiger partial charge in [-0.2, -0.15) is 4.99 Å². The Labute approximate surface area is 170 Å². The van der Waals surface area contributed by atoms with Crippen LogP contribution in [0.25, 0.3) is 11.1 Å². The molecular weight excluding hydrogens is 367 g/mol. The minimum Gasteiger partial charge on any atom is -0.369 e. The van der Waals surface area contributed by atoms with Crippen LogP contribution in [0.15, 0.2) is 64.1 Å². The molecule has 0 atom stereocenters. The minimum atomic E-state index is -0.217. The number of benzene rings is 2. The molecule has 1 saturated heterocycles. The third kappa shape index (κ3) is 4.83. The van der Waals surface area contributed by atoms with Crippen LogP contribution in [0.4, 0.5) is 10.2 Å². The van der Waals surface area contributed by atoms with Crippen LogP contribution in [0.5, 0.6) is 0 Å². The van der Waals surface area contributed by atoms with Crippen molar-refractivity contribution in [2.45, 2.75) is 32.1 Å². The van der Waals surface area contributed by atoms with Crippen LogP contribution in [0, 0.1) is 5.82 Å². The first-order chi connectivity index (χ1) is 14.2. The summed E-state index contributed by atoms with van der Waals surface area (Å²) >= 11 is 0. The second kappa shape index (κ2) is 8.90. The summed E-state index contributed by atoms with van der Waals surface area (Å²) in [7, 11) is 0. The maximum absolute atomic E-state index is 14.5. The molecule has 2 heterocycles. The van der Waals surface area contributed by atoms with Gasteiger partial charge in [0.15, 0.2) is 11.8 Å². The predicted molar refractivity (Wildman–Crippen MR) is 112 cm³/mol. The van der Waals surface area contributed by atoms with Gasteiger partial charge in [-0.25, -0.2) is 4.39 Å². The van der Waals surface area contributed by atoms with Crippen LogP contribution in [0.3, 0.4) is 0 Å². The molecule has 29 heavy (non-hydrogen) atoms. The molecular formula is C23H25FN4O. The molecule has 6 heteroatoms. The Bertz CT molecular complexity index is 978. The number of aryl methyl sites for hydroxylation is 2. The molecule has 0 spiro atoms. The van der Waals surface area contributed by atoms with Crippen molar-refractivity contribution < 1.29 is 8.91 Å². The van der Waals surface area contributed by atoms with E-state index in [1.54, 1.807) is 12.1 Å². The Morgan fingerprint density at radius 2 is 1.83 bits per heavy atom. The number of rotatable bonds is 5. The highest BCUT2D eigenvalue weighted by atomic mass is 19.1. The van der Waals surface area contributed by atoms with Gasteiger partial charge in [0.05, 0.1) is 0 Å². The molecule has 0 unspecified atom stereocenters. The van der Waals surface area contributed by atoms with Gasteiger partial charge in [0.25, 0.3) is 0 Å². The Morgan fingerprint density at radius 3 is 2.59 bits per heavy atom. The van der Waals surface area contributed by atoms with Gasteiger partial charge < -0.3 is 15.2 Å². The van der Waals surface area contributed by atoms with E-state index in [9.17, 15) is 4.39 Å². The Balaban J connectivity index is 1.38. The van der Waals surface area contributed by atoms with Crippen LogP contribution in [0.1, 0.15) is 30.6 Å². The zero-order valence-electron chi connectivity index (χ0n) is 16.4. The number of hydrogen-bond donors (Lipinski definition) is 1. The van der Waals surface area contributed by atoms with Gasteiger partial charge in [-0.3, -0.25) is 0 Å². The third-order valence-corrected chi connectivity index (χ3v) is 5.23. The van der Waals surface area contributed by atoms with Crippen molar-refractivity contribution in [3.8, 4) is 11.1 Å². The van der Waals surface area contributed by atoms with E-state index in [1.807, 2.05) is 42.5 Å². The van der Waals surface area contributed by atoms with E-state index in [0.717, 1.165) is 37.1 Å². The number of halogens is 1. The highest BCUT2D eigenvalue weighted by molar-refractivity contribution is 5.80. The second-order valence-electron chi connectivity index (χ2n) is 7.35. The van der Waals surface area contributed by atoms with Crippen molar-refractivity contribution in [1.82, 2.24) is 10.1 Å². The van der Waals surface area contributed by atoms with Gasteiger partial charge in [-0.1, -0.05) is 47.6 Å². The highest BCUT2D eigenvalue weighted by Gasteiger charge is 2.13. The first kappa shape index (κ1) is 19.2. The van der Waals surface area contributed by atoms with Gasteiger partial charge in [0.2, 0.25) is 0 Å². The maximum atomic E-state index is 14.5. The molecule has 1 aliphatic rings. The zero-order chi connectivity index (χ0) is 20.1. The SMILES string of the molecule is NC(=Nc1cc(CCc2ccc(-c3ccccc3)c(F)c2)on1)N1CCCCC1. The predicted octanol–water partition coefficient (Wildman–Crippen LogP) is 4.70. The lowest BCUT2D eigenvalue weighted by atomic mass is 10.0. The molecule has 0 amide bonds. The third-order valence-electron chi connectivity index (χ3n) is 5.23. The van der Waals surface area contributed by atoms with Crippen LogP contribution < -0.4 is 5.73 Å². The Hall–Kier alpha value is -3.15. The van der Waals surface area contributed by atoms with Crippen LogP contribution in [0.2, 0.25) is 0 Å². The first-order valence-electron chi connectivity index (χ1n) is 10.1. The lowest BCUT2D eigenvalue weighted by molar-refractivity contribution is 0.338. The van der Waals surface area contributed by atoms with Crippen LogP contribution in [-0.4, -0.2) is 29.1 Å². The minimum absolute atomic E-state index is 0.217. The Kier molecular flexibility index (Phi) is 5.89. The maximum Gasteiger partial charge on any atom is 0.198 e. The normalized spacial score (nSPS) is 14.9. The summed E-state index contributed by atoms with van der Waals surface area (Å²) in [5.74, 6) is 1.46. The average Bonchev–Trinajstić information content (AvgIpc) is 3.21. The van der Waals surface area contributed by atoms with E-state index >= 15 is 0 Å². The highest BCUT2D eigenvalue weighted by Crippen LogP contribution is 2.24. The summed E-state index contributed by atoms with van der Waals surface area (Å²) in [6.07, 6.45) is 4.80. The number of nitrogens with two attached hydrogens (primary N) is 1. The fraction of sp³-hybridized carbons (Fsp3) is 0.304. The number of guanidine groups is 1. The summed E-state index contributed by atoms with van der Waals surface area (Å²) < 4.78 is 19.9. The molecule has 3 aromatic rings. The van der Waals surface area contributed by atoms with Gasteiger partial charge >= 0.3 is 0 Å². The van der Waals surface area contributed by atoms with E-state index in [-0.39, 0.29) is 5.82 Å². The summed E-state index contributed by atoms with van der Waals surface area (Å²) in [6.45, 7) is 1.87. The molecule has 0 radical (unpaired) electrons. The van der Waals surface area contributed by atoms with Crippen LogP contribution >= 0.6 is 0 Å². The molecule has 2 N–H and O–H groups in total. The molecule has 0 saturated carbocycles. The second-order valence-corrected chi connectivity index (χ2v) is 7.35. The van der Waals surface area contributed by atoms with Crippen LogP contribution in [-0.2, 0) is 12.8 Å². The lowest BCUT2D eigenvalue weighted by Gasteiger charge is -2.27. The van der Waals surface area contributed by atoms with Gasteiger partial charge in [0.1, 0.15) is 11.6 Å². The van der Waals surface area contributed by atoms with Gasteiger partial charge in [-0.05, 0) is 42.9 Å². The van der Waals surface area contributed by atoms with Crippen molar-refractivity contribution in [2.24, 2.45) is 10.7 Å². The van der Waals surface area contributed by atoms with E-state index in [4.69, 9.17) is 10.3 Å². The smallest absolute Gasteiger partial charge is 0.198 e. The lowest BCUT2D eigenvalue weighted by Crippen LogP contribution is -2.40. The van der Waals surface area contributed by atoms with Crippen molar-refractivity contribution in [3.05, 3.63) is 71.7 Å². The molecule has 5 nitrogen and oxygen atoms in total. The standard InChI is InChI=1S/C23H25FN4O/c24-21-15-17(10-12-20(21)18-7-3-1-4-8-18)9-11-19-16-22(27-29-19)26-23(25)28-13-5-2-6-14-28/h1,3-4,7-8,10,12,15-16H,2,5-6,9,11,13-14H2,(H2,25,26,27). The quantitative estimate of drug-likeness (QED) is 0.505. The monoisotopic (exact) mass is 392 g/mol. The number of nitrogens with zero attached hydrogens (tertiary/aromatic N) is 3. The molecule has 0 aliphatic carbocycles. The Morgan fingerprint density at radius 1 is 1.03 bits per heavy atom. The summed E-state index contributed by atoms with van der Waals surface area (Å²) in [5.41, 5.74) is 8.49. The van der Waals surface area contributed by atoms with Gasteiger partial charge in [0, 0.05) is 31.1 Å². The average molecular weight is 392 g/mol. The number of piperidine rings is 1. The van der Waals surface area contributed by atoms with Crippen molar-refractivity contribution >= 4 is 11.8 Å². The molecule has 1 fully saturated rings. The fourth-order valence-corrected chi connectivity index (χ4v) is 3.62. The molecule has 0 bridgehead atoms.